The van der Waals surface area contributed by atoms with E-state index in [9.17, 15) is 4.79 Å². The van der Waals surface area contributed by atoms with Crippen molar-refractivity contribution in [2.45, 2.75) is 39.5 Å². The average Bonchev–Trinajstić information content (AvgIpc) is 2.88. The molecule has 1 heterocycles. The lowest BCUT2D eigenvalue weighted by Crippen LogP contribution is -2.18. The van der Waals surface area contributed by atoms with Crippen molar-refractivity contribution in [3.05, 3.63) is 47.0 Å². The molecule has 3 heteroatoms. The Bertz CT molecular complexity index is 834. The quantitative estimate of drug-likeness (QED) is 0.702. The topological polar surface area (TPSA) is 29.5 Å². The van der Waals surface area contributed by atoms with Crippen molar-refractivity contribution in [2.24, 2.45) is 5.92 Å². The fourth-order valence-corrected chi connectivity index (χ4v) is 3.70. The van der Waals surface area contributed by atoms with Gasteiger partial charge in [0.1, 0.15) is 12.0 Å². The molecule has 0 amide bonds. The fourth-order valence-electron chi connectivity index (χ4n) is 3.70. The van der Waals surface area contributed by atoms with Crippen LogP contribution in [-0.2, 0) is 11.8 Å². The van der Waals surface area contributed by atoms with Gasteiger partial charge in [0.2, 0.25) is 0 Å². The van der Waals surface area contributed by atoms with Crippen LogP contribution < -0.4 is 9.64 Å². The van der Waals surface area contributed by atoms with Crippen LogP contribution in [0.5, 0.6) is 5.75 Å². The summed E-state index contributed by atoms with van der Waals surface area (Å²) < 4.78 is 6.16. The van der Waals surface area contributed by atoms with Gasteiger partial charge in [-0.25, -0.2) is 0 Å². The van der Waals surface area contributed by atoms with Gasteiger partial charge in [0.15, 0.2) is 0 Å². The Morgan fingerprint density at radius 1 is 1.15 bits per heavy atom. The van der Waals surface area contributed by atoms with E-state index in [1.807, 2.05) is 32.3 Å². The summed E-state index contributed by atoms with van der Waals surface area (Å²) in [5.41, 5.74) is 6.52. The van der Waals surface area contributed by atoms with E-state index in [0.717, 1.165) is 35.3 Å². The van der Waals surface area contributed by atoms with Crippen LogP contribution in [0.15, 0.2) is 30.3 Å². The van der Waals surface area contributed by atoms with E-state index >= 15 is 0 Å². The molecule has 0 fully saturated rings. The largest absolute Gasteiger partial charge is 0.492 e. The van der Waals surface area contributed by atoms with Gasteiger partial charge in [-0.2, -0.15) is 0 Å². The van der Waals surface area contributed by atoms with E-state index < -0.39 is 0 Å². The molecule has 1 aliphatic heterocycles. The maximum Gasteiger partial charge on any atom is 0.150 e. The molecule has 26 heavy (non-hydrogen) atoms. The van der Waals surface area contributed by atoms with Crippen molar-refractivity contribution in [2.75, 3.05) is 25.6 Å². The second-order valence-electron chi connectivity index (χ2n) is 8.58. The van der Waals surface area contributed by atoms with Gasteiger partial charge in [0.05, 0.1) is 6.61 Å². The van der Waals surface area contributed by atoms with Crippen LogP contribution in [0.4, 0.5) is 5.69 Å². The minimum atomic E-state index is -0.00236. The Hall–Kier alpha value is -2.29. The lowest BCUT2D eigenvalue weighted by molar-refractivity contribution is 0.112. The average molecular weight is 351 g/mol. The van der Waals surface area contributed by atoms with Gasteiger partial charge in [-0.05, 0) is 42.2 Å². The number of fused-ring (bicyclic) bond motifs is 1. The minimum Gasteiger partial charge on any atom is -0.492 e. The number of anilines is 1. The summed E-state index contributed by atoms with van der Waals surface area (Å²) in [7, 11) is 4.06. The summed E-state index contributed by atoms with van der Waals surface area (Å²) in [5, 5.41) is 0. The molecule has 0 unspecified atom stereocenters. The zero-order valence-corrected chi connectivity index (χ0v) is 16.7. The number of hydrogen-bond donors (Lipinski definition) is 0. The van der Waals surface area contributed by atoms with E-state index in [2.05, 4.69) is 44.7 Å². The predicted molar refractivity (Wildman–Crippen MR) is 109 cm³/mol. The lowest BCUT2D eigenvalue weighted by atomic mass is 9.83. The molecule has 0 saturated heterocycles. The van der Waals surface area contributed by atoms with Crippen LogP contribution >= 0.6 is 0 Å². The van der Waals surface area contributed by atoms with Crippen LogP contribution in [0.1, 0.15) is 49.2 Å². The summed E-state index contributed by atoms with van der Waals surface area (Å²) in [6.45, 7) is 9.64. The summed E-state index contributed by atoms with van der Waals surface area (Å²) in [5.74, 6) is 1.55. The molecular weight excluding hydrogens is 322 g/mol. The van der Waals surface area contributed by atoms with Crippen molar-refractivity contribution < 1.29 is 9.53 Å². The Morgan fingerprint density at radius 2 is 1.88 bits per heavy atom. The molecule has 0 bridgehead atoms. The highest BCUT2D eigenvalue weighted by Gasteiger charge is 2.34. The van der Waals surface area contributed by atoms with Crippen molar-refractivity contribution in [3.63, 3.8) is 0 Å². The first kappa shape index (κ1) is 18.5. The maximum absolute atomic E-state index is 11.4. The van der Waals surface area contributed by atoms with Gasteiger partial charge in [-0.15, -0.1) is 0 Å². The number of carbonyl (C=O) groups excluding carboxylic acids is 1. The molecule has 0 spiro atoms. The molecular formula is C23H29NO2. The zero-order chi connectivity index (χ0) is 19.1. The van der Waals surface area contributed by atoms with Gasteiger partial charge in [0, 0.05) is 47.5 Å². The molecule has 3 rings (SSSR count). The van der Waals surface area contributed by atoms with E-state index in [0.29, 0.717) is 18.1 Å². The Kier molecular flexibility index (Phi) is 4.83. The molecule has 2 aromatic rings. The van der Waals surface area contributed by atoms with Gasteiger partial charge in [-0.3, -0.25) is 4.79 Å². The van der Waals surface area contributed by atoms with Gasteiger partial charge in [-0.1, -0.05) is 33.8 Å². The maximum atomic E-state index is 11.4. The Balaban J connectivity index is 2.28. The van der Waals surface area contributed by atoms with Crippen LogP contribution in [-0.4, -0.2) is 27.0 Å². The third-order valence-corrected chi connectivity index (χ3v) is 5.03. The van der Waals surface area contributed by atoms with Crippen molar-refractivity contribution in [3.8, 4) is 16.9 Å². The molecule has 0 radical (unpaired) electrons. The third kappa shape index (κ3) is 3.35. The van der Waals surface area contributed by atoms with E-state index in [4.69, 9.17) is 4.74 Å². The fraction of sp³-hybridized carbons (Fsp3) is 0.435. The number of carbonyl (C=O) groups is 1. The summed E-state index contributed by atoms with van der Waals surface area (Å²) in [6.07, 6.45) is 1.94. The molecule has 138 valence electrons. The van der Waals surface area contributed by atoms with Crippen LogP contribution in [0.25, 0.3) is 11.1 Å². The third-order valence-electron chi connectivity index (χ3n) is 5.03. The van der Waals surface area contributed by atoms with Crippen molar-refractivity contribution in [1.29, 1.82) is 0 Å². The van der Waals surface area contributed by atoms with E-state index in [-0.39, 0.29) is 5.41 Å². The highest BCUT2D eigenvalue weighted by Crippen LogP contribution is 2.47. The minimum absolute atomic E-state index is 0.00236. The number of ether oxygens (including phenoxy) is 1. The number of nitrogens with zero attached hydrogens (tertiary/aromatic N) is 1. The smallest absolute Gasteiger partial charge is 0.150 e. The number of aldehydes is 1. The molecule has 2 aromatic carbocycles. The van der Waals surface area contributed by atoms with Crippen LogP contribution in [0.3, 0.4) is 0 Å². The predicted octanol–water partition coefficient (Wildman–Crippen LogP) is 5.10. The number of rotatable bonds is 5. The summed E-state index contributed by atoms with van der Waals surface area (Å²) in [6, 6.07) is 10.4. The van der Waals surface area contributed by atoms with Gasteiger partial charge < -0.3 is 9.64 Å². The van der Waals surface area contributed by atoms with E-state index in [1.54, 1.807) is 0 Å². The molecule has 0 atom stereocenters. The van der Waals surface area contributed by atoms with E-state index in [1.165, 1.54) is 11.1 Å². The van der Waals surface area contributed by atoms with Crippen molar-refractivity contribution >= 4 is 12.0 Å². The molecule has 0 saturated carbocycles. The second kappa shape index (κ2) is 6.79. The summed E-state index contributed by atoms with van der Waals surface area (Å²) >= 11 is 0. The molecule has 3 nitrogen and oxygen atoms in total. The monoisotopic (exact) mass is 351 g/mol. The van der Waals surface area contributed by atoms with Gasteiger partial charge >= 0.3 is 0 Å². The lowest BCUT2D eigenvalue weighted by Gasteiger charge is -2.21. The number of hydrogen-bond acceptors (Lipinski definition) is 3. The standard InChI is InChI=1S/C23H29NO2/c1-15(2)9-17-11-19(22-20(12-17)23(3,4)14-26-22)18-10-16(13-25)7-8-21(18)24(5)6/h7-8,10-13,15H,9,14H2,1-6H3. The summed E-state index contributed by atoms with van der Waals surface area (Å²) in [4.78, 5) is 13.5. The Morgan fingerprint density at radius 3 is 2.50 bits per heavy atom. The molecule has 0 N–H and O–H groups in total. The van der Waals surface area contributed by atoms with Crippen LogP contribution in [0, 0.1) is 5.92 Å². The van der Waals surface area contributed by atoms with Crippen molar-refractivity contribution in [1.82, 2.24) is 0 Å². The molecule has 1 aliphatic rings. The first-order valence-electron chi connectivity index (χ1n) is 9.30. The molecule has 0 aromatic heterocycles. The Labute approximate surface area is 157 Å². The zero-order valence-electron chi connectivity index (χ0n) is 16.7. The first-order chi connectivity index (χ1) is 12.2. The SMILES string of the molecule is CC(C)Cc1cc(-c2cc(C=O)ccc2N(C)C)c2c(c1)C(C)(C)CO2. The second-order valence-corrected chi connectivity index (χ2v) is 8.58. The first-order valence-corrected chi connectivity index (χ1v) is 9.30. The highest BCUT2D eigenvalue weighted by atomic mass is 16.5. The number of benzene rings is 2. The van der Waals surface area contributed by atoms with Gasteiger partial charge in [0.25, 0.3) is 0 Å². The normalized spacial score (nSPS) is 14.9. The highest BCUT2D eigenvalue weighted by molar-refractivity contribution is 5.89. The van der Waals surface area contributed by atoms with Crippen LogP contribution in [0.2, 0.25) is 0 Å². The molecule has 0 aliphatic carbocycles.